The van der Waals surface area contributed by atoms with Crippen LogP contribution in [0.2, 0.25) is 5.02 Å². The van der Waals surface area contributed by atoms with E-state index < -0.39 is 0 Å². The summed E-state index contributed by atoms with van der Waals surface area (Å²) in [7, 11) is 0. The maximum absolute atomic E-state index is 7.78. The third-order valence-electron chi connectivity index (χ3n) is 5.78. The van der Waals surface area contributed by atoms with Gasteiger partial charge in [-0.15, -0.1) is 0 Å². The molecule has 0 amide bonds. The number of hydrogen-bond acceptors (Lipinski definition) is 5. The summed E-state index contributed by atoms with van der Waals surface area (Å²) in [4.78, 5) is 2.33. The molecule has 7 nitrogen and oxygen atoms in total. The van der Waals surface area contributed by atoms with Crippen LogP contribution in [0.4, 0.5) is 17.1 Å². The second-order valence-corrected chi connectivity index (χ2v) is 8.21. The molecule has 0 atom stereocenters. The highest BCUT2D eigenvalue weighted by molar-refractivity contribution is 6.33. The number of aromatic nitrogens is 4. The SMILES string of the molecule is N=Cc1cc(Cl)c(N2CCC(n3cccn3)CC2)cc1Nc1cnn(C2CC2)c1. The first-order valence-corrected chi connectivity index (χ1v) is 10.5. The molecule has 2 aromatic heterocycles. The fourth-order valence-electron chi connectivity index (χ4n) is 4.01. The largest absolute Gasteiger partial charge is 0.370 e. The average Bonchev–Trinajstić information content (AvgIpc) is 3.25. The zero-order valence-corrected chi connectivity index (χ0v) is 16.9. The highest BCUT2D eigenvalue weighted by Crippen LogP contribution is 2.37. The molecule has 2 fully saturated rings. The van der Waals surface area contributed by atoms with Gasteiger partial charge in [-0.1, -0.05) is 11.6 Å². The van der Waals surface area contributed by atoms with Crippen molar-refractivity contribution in [3.63, 3.8) is 0 Å². The van der Waals surface area contributed by atoms with Crippen LogP contribution in [-0.2, 0) is 0 Å². The molecule has 3 heterocycles. The van der Waals surface area contributed by atoms with Crippen LogP contribution in [0.15, 0.2) is 43.0 Å². The summed E-state index contributed by atoms with van der Waals surface area (Å²) in [6, 6.07) is 6.89. The topological polar surface area (TPSA) is 74.8 Å². The lowest BCUT2D eigenvalue weighted by atomic mass is 10.0. The van der Waals surface area contributed by atoms with Gasteiger partial charge in [-0.2, -0.15) is 10.2 Å². The second kappa shape index (κ2) is 7.55. The first-order valence-electron chi connectivity index (χ1n) is 10.1. The summed E-state index contributed by atoms with van der Waals surface area (Å²) in [5.41, 5.74) is 3.59. The lowest BCUT2D eigenvalue weighted by Crippen LogP contribution is -2.35. The van der Waals surface area contributed by atoms with Crippen LogP contribution in [0.3, 0.4) is 0 Å². The van der Waals surface area contributed by atoms with Gasteiger partial charge in [0.05, 0.1) is 34.7 Å². The van der Waals surface area contributed by atoms with Crippen molar-refractivity contribution in [2.45, 2.75) is 37.8 Å². The van der Waals surface area contributed by atoms with Gasteiger partial charge >= 0.3 is 0 Å². The lowest BCUT2D eigenvalue weighted by Gasteiger charge is -2.34. The molecule has 5 rings (SSSR count). The van der Waals surface area contributed by atoms with Crippen molar-refractivity contribution in [3.05, 3.63) is 53.6 Å². The Bertz CT molecular complexity index is 998. The molecule has 2 N–H and O–H groups in total. The van der Waals surface area contributed by atoms with Crippen molar-refractivity contribution < 1.29 is 0 Å². The highest BCUT2D eigenvalue weighted by atomic mass is 35.5. The Morgan fingerprint density at radius 3 is 2.55 bits per heavy atom. The van der Waals surface area contributed by atoms with E-state index >= 15 is 0 Å². The molecule has 1 saturated heterocycles. The van der Waals surface area contributed by atoms with Gasteiger partial charge in [0.1, 0.15) is 0 Å². The van der Waals surface area contributed by atoms with Gasteiger partial charge in [-0.25, -0.2) is 0 Å². The Kier molecular flexibility index (Phi) is 4.75. The van der Waals surface area contributed by atoms with E-state index in [9.17, 15) is 0 Å². The maximum atomic E-state index is 7.78. The van der Waals surface area contributed by atoms with Gasteiger partial charge in [-0.3, -0.25) is 9.36 Å². The van der Waals surface area contributed by atoms with Gasteiger partial charge in [0, 0.05) is 49.1 Å². The van der Waals surface area contributed by atoms with E-state index in [0.717, 1.165) is 48.6 Å². The van der Waals surface area contributed by atoms with Crippen molar-refractivity contribution in [3.8, 4) is 0 Å². The van der Waals surface area contributed by atoms with E-state index in [1.165, 1.54) is 19.1 Å². The van der Waals surface area contributed by atoms with Crippen LogP contribution >= 0.6 is 11.6 Å². The van der Waals surface area contributed by atoms with Gasteiger partial charge in [0.25, 0.3) is 0 Å². The van der Waals surface area contributed by atoms with Crippen molar-refractivity contribution in [1.29, 1.82) is 5.41 Å². The number of anilines is 3. The quantitative estimate of drug-likeness (QED) is 0.581. The Morgan fingerprint density at radius 1 is 1.07 bits per heavy atom. The number of nitrogens with zero attached hydrogens (tertiary/aromatic N) is 5. The Morgan fingerprint density at radius 2 is 1.86 bits per heavy atom. The molecule has 3 aromatic rings. The highest BCUT2D eigenvalue weighted by Gasteiger charge is 2.25. The molecule has 0 spiro atoms. The zero-order valence-electron chi connectivity index (χ0n) is 16.1. The summed E-state index contributed by atoms with van der Waals surface area (Å²) >= 11 is 6.60. The molecule has 1 saturated carbocycles. The van der Waals surface area contributed by atoms with Crippen LogP contribution < -0.4 is 10.2 Å². The smallest absolute Gasteiger partial charge is 0.0770 e. The molecule has 2 aliphatic rings. The van der Waals surface area contributed by atoms with E-state index in [1.54, 1.807) is 0 Å². The molecule has 0 bridgehead atoms. The monoisotopic (exact) mass is 409 g/mol. The molecular formula is C21H24ClN7. The number of nitrogens with one attached hydrogen (secondary N) is 2. The minimum atomic E-state index is 0.437. The van der Waals surface area contributed by atoms with Gasteiger partial charge in [0.2, 0.25) is 0 Å². The van der Waals surface area contributed by atoms with E-state index in [0.29, 0.717) is 17.1 Å². The predicted molar refractivity (Wildman–Crippen MR) is 116 cm³/mol. The summed E-state index contributed by atoms with van der Waals surface area (Å²) in [6.07, 6.45) is 13.6. The lowest BCUT2D eigenvalue weighted by molar-refractivity contribution is 0.367. The third kappa shape index (κ3) is 3.74. The van der Waals surface area contributed by atoms with E-state index in [-0.39, 0.29) is 0 Å². The van der Waals surface area contributed by atoms with E-state index in [4.69, 9.17) is 17.0 Å². The summed E-state index contributed by atoms with van der Waals surface area (Å²) < 4.78 is 4.07. The standard InChI is InChI=1S/C21H24ClN7/c22-19-10-15(12-23)20(26-16-13-25-29(14-16)17-2-3-17)11-21(19)27-8-4-18(5-9-27)28-7-1-6-24-28/h1,6-7,10-14,17-18,23,26H,2-5,8-9H2. The molecule has 0 radical (unpaired) electrons. The molecular weight excluding hydrogens is 386 g/mol. The Hall–Kier alpha value is -2.80. The fraction of sp³-hybridized carbons (Fsp3) is 0.381. The summed E-state index contributed by atoms with van der Waals surface area (Å²) in [6.45, 7) is 1.85. The molecule has 1 aliphatic heterocycles. The van der Waals surface area contributed by atoms with Crippen LogP contribution in [0.25, 0.3) is 0 Å². The average molecular weight is 410 g/mol. The molecule has 29 heavy (non-hydrogen) atoms. The minimum Gasteiger partial charge on any atom is -0.370 e. The van der Waals surface area contributed by atoms with Crippen LogP contribution in [0, 0.1) is 5.41 Å². The minimum absolute atomic E-state index is 0.437. The first-order chi connectivity index (χ1) is 14.2. The van der Waals surface area contributed by atoms with Gasteiger partial charge in [0.15, 0.2) is 0 Å². The van der Waals surface area contributed by atoms with Crippen LogP contribution in [-0.4, -0.2) is 38.9 Å². The second-order valence-electron chi connectivity index (χ2n) is 7.80. The first kappa shape index (κ1) is 18.2. The number of benzene rings is 1. The summed E-state index contributed by atoms with van der Waals surface area (Å²) in [5.74, 6) is 0. The maximum Gasteiger partial charge on any atom is 0.0770 e. The molecule has 1 aromatic carbocycles. The number of piperidine rings is 1. The van der Waals surface area contributed by atoms with Crippen molar-refractivity contribution in [2.24, 2.45) is 0 Å². The predicted octanol–water partition coefficient (Wildman–Crippen LogP) is 4.65. The third-order valence-corrected chi connectivity index (χ3v) is 6.08. The van der Waals surface area contributed by atoms with Crippen LogP contribution in [0.1, 0.15) is 43.3 Å². The number of rotatable bonds is 6. The Balaban J connectivity index is 1.35. The zero-order chi connectivity index (χ0) is 19.8. The molecule has 150 valence electrons. The molecule has 8 heteroatoms. The van der Waals surface area contributed by atoms with Crippen molar-refractivity contribution in [2.75, 3.05) is 23.3 Å². The van der Waals surface area contributed by atoms with Crippen molar-refractivity contribution >= 4 is 34.9 Å². The summed E-state index contributed by atoms with van der Waals surface area (Å²) in [5, 5.41) is 20.7. The number of halogens is 1. The van der Waals surface area contributed by atoms with E-state index in [1.807, 2.05) is 41.6 Å². The molecule has 0 unspecified atom stereocenters. The van der Waals surface area contributed by atoms with E-state index in [2.05, 4.69) is 31.2 Å². The van der Waals surface area contributed by atoms with Gasteiger partial charge in [-0.05, 0) is 43.9 Å². The number of hydrogen-bond donors (Lipinski definition) is 2. The van der Waals surface area contributed by atoms with Gasteiger partial charge < -0.3 is 15.6 Å². The Labute approximate surface area is 174 Å². The molecule has 1 aliphatic carbocycles. The normalized spacial score (nSPS) is 17.5. The van der Waals surface area contributed by atoms with Crippen LogP contribution in [0.5, 0.6) is 0 Å². The fourth-order valence-corrected chi connectivity index (χ4v) is 4.30. The van der Waals surface area contributed by atoms with Crippen molar-refractivity contribution in [1.82, 2.24) is 19.6 Å².